The molecule has 1 heterocycles. The van der Waals surface area contributed by atoms with Crippen molar-refractivity contribution in [2.75, 3.05) is 19.6 Å². The molecule has 0 aromatic heterocycles. The van der Waals surface area contributed by atoms with Crippen LogP contribution in [0.1, 0.15) is 33.6 Å². The number of piperidine rings is 1. The predicted octanol–water partition coefficient (Wildman–Crippen LogP) is 5.33. The van der Waals surface area contributed by atoms with E-state index in [0.717, 1.165) is 0 Å². The number of carbonyl (C=O) groups is 2. The molecule has 0 N–H and O–H groups in total. The van der Waals surface area contributed by atoms with Gasteiger partial charge in [0.05, 0.1) is 16.6 Å². The lowest BCUT2D eigenvalue weighted by atomic mass is 9.88. The molecular formula is C20H19Cl3FNO2. The largest absolute Gasteiger partial charge is 0.296 e. The summed E-state index contributed by atoms with van der Waals surface area (Å²) in [6, 6.07) is 10.5. The minimum Gasteiger partial charge on any atom is -0.296 e. The predicted molar refractivity (Wildman–Crippen MR) is 108 cm³/mol. The third kappa shape index (κ3) is 5.52. The molecule has 2 aromatic rings. The second-order valence-electron chi connectivity index (χ2n) is 6.47. The van der Waals surface area contributed by atoms with Crippen molar-refractivity contribution in [1.82, 2.24) is 4.90 Å². The Balaban J connectivity index is 0.00000261. The summed E-state index contributed by atoms with van der Waals surface area (Å²) in [5.74, 6) is -0.415. The molecule has 0 unspecified atom stereocenters. The minimum atomic E-state index is -0.350. The van der Waals surface area contributed by atoms with Crippen molar-refractivity contribution in [1.29, 1.82) is 0 Å². The summed E-state index contributed by atoms with van der Waals surface area (Å²) in [6.45, 7) is 1.63. The molecule has 144 valence electrons. The average molecular weight is 431 g/mol. The second kappa shape index (κ2) is 9.65. The highest BCUT2D eigenvalue weighted by atomic mass is 35.5. The van der Waals surface area contributed by atoms with Gasteiger partial charge < -0.3 is 0 Å². The van der Waals surface area contributed by atoms with E-state index in [2.05, 4.69) is 0 Å². The topological polar surface area (TPSA) is 37.4 Å². The van der Waals surface area contributed by atoms with Crippen LogP contribution in [-0.2, 0) is 0 Å². The van der Waals surface area contributed by atoms with Gasteiger partial charge in [-0.25, -0.2) is 4.39 Å². The fourth-order valence-corrected chi connectivity index (χ4v) is 3.47. The summed E-state index contributed by atoms with van der Waals surface area (Å²) < 4.78 is 13.0. The second-order valence-corrected chi connectivity index (χ2v) is 7.29. The average Bonchev–Trinajstić information content (AvgIpc) is 2.64. The SMILES string of the molecule is Cl.O=C(CN1CCC(C(=O)c2ccc(F)cc2)CC1)c1ccc(Cl)c(Cl)c1. The lowest BCUT2D eigenvalue weighted by Crippen LogP contribution is -2.39. The number of carbonyl (C=O) groups excluding carboxylic acids is 2. The van der Waals surface area contributed by atoms with Crippen LogP contribution in [0.3, 0.4) is 0 Å². The Hall–Kier alpha value is -1.46. The van der Waals surface area contributed by atoms with E-state index in [9.17, 15) is 14.0 Å². The molecule has 0 aliphatic carbocycles. The van der Waals surface area contributed by atoms with Crippen molar-refractivity contribution in [2.45, 2.75) is 12.8 Å². The molecule has 0 radical (unpaired) electrons. The summed E-state index contributed by atoms with van der Waals surface area (Å²) >= 11 is 11.8. The molecule has 1 saturated heterocycles. The van der Waals surface area contributed by atoms with E-state index >= 15 is 0 Å². The minimum absolute atomic E-state index is 0. The Bertz CT molecular complexity index is 818. The van der Waals surface area contributed by atoms with Gasteiger partial charge in [-0.2, -0.15) is 0 Å². The van der Waals surface area contributed by atoms with Crippen LogP contribution in [0.4, 0.5) is 4.39 Å². The van der Waals surface area contributed by atoms with Gasteiger partial charge in [0.25, 0.3) is 0 Å². The van der Waals surface area contributed by atoms with E-state index in [0.29, 0.717) is 47.1 Å². The fourth-order valence-electron chi connectivity index (χ4n) is 3.17. The van der Waals surface area contributed by atoms with Gasteiger partial charge in [-0.3, -0.25) is 14.5 Å². The van der Waals surface area contributed by atoms with E-state index < -0.39 is 0 Å². The summed E-state index contributed by atoms with van der Waals surface area (Å²) in [7, 11) is 0. The van der Waals surface area contributed by atoms with E-state index in [1.165, 1.54) is 24.3 Å². The summed E-state index contributed by atoms with van der Waals surface area (Å²) in [6.07, 6.45) is 1.37. The first kappa shape index (κ1) is 21.8. The van der Waals surface area contributed by atoms with Crippen molar-refractivity contribution in [3.8, 4) is 0 Å². The first-order valence-corrected chi connectivity index (χ1v) is 9.20. The van der Waals surface area contributed by atoms with Gasteiger partial charge in [-0.1, -0.05) is 23.2 Å². The number of hydrogen-bond acceptors (Lipinski definition) is 3. The molecule has 7 heteroatoms. The maximum Gasteiger partial charge on any atom is 0.176 e. The number of ketones is 2. The molecule has 2 aromatic carbocycles. The Kier molecular flexibility index (Phi) is 7.80. The van der Waals surface area contributed by atoms with Gasteiger partial charge in [-0.05, 0) is 68.4 Å². The number of nitrogens with zero attached hydrogens (tertiary/aromatic N) is 1. The van der Waals surface area contributed by atoms with Crippen molar-refractivity contribution in [3.05, 3.63) is 69.5 Å². The van der Waals surface area contributed by atoms with Crippen molar-refractivity contribution in [2.24, 2.45) is 5.92 Å². The van der Waals surface area contributed by atoms with Gasteiger partial charge in [0.15, 0.2) is 11.6 Å². The molecule has 1 aliphatic rings. The zero-order chi connectivity index (χ0) is 18.7. The highest BCUT2D eigenvalue weighted by Gasteiger charge is 2.26. The van der Waals surface area contributed by atoms with Crippen LogP contribution in [0.25, 0.3) is 0 Å². The molecule has 27 heavy (non-hydrogen) atoms. The molecular weight excluding hydrogens is 412 g/mol. The van der Waals surface area contributed by atoms with E-state index in [4.69, 9.17) is 23.2 Å². The third-order valence-corrected chi connectivity index (χ3v) is 5.43. The maximum absolute atomic E-state index is 13.0. The molecule has 1 fully saturated rings. The van der Waals surface area contributed by atoms with Crippen LogP contribution in [-0.4, -0.2) is 36.1 Å². The molecule has 0 atom stereocenters. The maximum atomic E-state index is 13.0. The van der Waals surface area contributed by atoms with Gasteiger partial charge in [0.2, 0.25) is 0 Å². The molecule has 0 saturated carbocycles. The number of hydrogen-bond donors (Lipinski definition) is 0. The molecule has 0 spiro atoms. The van der Waals surface area contributed by atoms with Crippen LogP contribution in [0.5, 0.6) is 0 Å². The van der Waals surface area contributed by atoms with Crippen molar-refractivity contribution in [3.63, 3.8) is 0 Å². The summed E-state index contributed by atoms with van der Waals surface area (Å²) in [4.78, 5) is 26.9. The van der Waals surface area contributed by atoms with Crippen LogP contribution in [0.2, 0.25) is 10.0 Å². The normalized spacial score (nSPS) is 15.2. The highest BCUT2D eigenvalue weighted by molar-refractivity contribution is 6.42. The van der Waals surface area contributed by atoms with E-state index in [-0.39, 0.29) is 42.3 Å². The highest BCUT2D eigenvalue weighted by Crippen LogP contribution is 2.24. The van der Waals surface area contributed by atoms with Crippen molar-refractivity contribution < 1.29 is 14.0 Å². The first-order valence-electron chi connectivity index (χ1n) is 8.44. The van der Waals surface area contributed by atoms with Crippen LogP contribution < -0.4 is 0 Å². The molecule has 3 nitrogen and oxygen atoms in total. The summed E-state index contributed by atoms with van der Waals surface area (Å²) in [5.41, 5.74) is 1.07. The zero-order valence-corrected chi connectivity index (χ0v) is 16.8. The van der Waals surface area contributed by atoms with Gasteiger partial charge in [0, 0.05) is 17.0 Å². The monoisotopic (exact) mass is 429 g/mol. The Morgan fingerprint density at radius 1 is 0.963 bits per heavy atom. The smallest absolute Gasteiger partial charge is 0.176 e. The molecule has 0 amide bonds. The Labute approximate surface area is 173 Å². The Morgan fingerprint density at radius 2 is 1.56 bits per heavy atom. The third-order valence-electron chi connectivity index (χ3n) is 4.70. The van der Waals surface area contributed by atoms with Gasteiger partial charge in [-0.15, -0.1) is 12.4 Å². The van der Waals surface area contributed by atoms with E-state index in [1.807, 2.05) is 4.90 Å². The van der Waals surface area contributed by atoms with Gasteiger partial charge >= 0.3 is 0 Å². The molecule has 0 bridgehead atoms. The zero-order valence-electron chi connectivity index (χ0n) is 14.5. The lowest BCUT2D eigenvalue weighted by molar-refractivity contribution is 0.0805. The first-order chi connectivity index (χ1) is 12.4. The standard InChI is InChI=1S/C20H18Cl2FNO2.ClH/c21-17-6-3-15(11-18(17)22)19(25)12-24-9-7-14(8-10-24)20(26)13-1-4-16(23)5-2-13;/h1-6,11,14H,7-10,12H2;1H. The molecule has 1 aliphatic heterocycles. The van der Waals surface area contributed by atoms with Crippen LogP contribution >= 0.6 is 35.6 Å². The summed E-state index contributed by atoms with van der Waals surface area (Å²) in [5, 5.41) is 0.782. The fraction of sp³-hybridized carbons (Fsp3) is 0.300. The Morgan fingerprint density at radius 3 is 2.15 bits per heavy atom. The van der Waals surface area contributed by atoms with Crippen LogP contribution in [0, 0.1) is 11.7 Å². The number of halogens is 4. The number of benzene rings is 2. The number of Topliss-reactive ketones (excluding diaryl/α,β-unsaturated/α-hetero) is 2. The van der Waals surface area contributed by atoms with E-state index in [1.54, 1.807) is 18.2 Å². The number of likely N-dealkylation sites (tertiary alicyclic amines) is 1. The quantitative estimate of drug-likeness (QED) is 0.602. The lowest BCUT2D eigenvalue weighted by Gasteiger charge is -2.30. The van der Waals surface area contributed by atoms with Crippen LogP contribution in [0.15, 0.2) is 42.5 Å². The molecule has 3 rings (SSSR count). The number of rotatable bonds is 5. The van der Waals surface area contributed by atoms with Gasteiger partial charge in [0.1, 0.15) is 5.82 Å². The van der Waals surface area contributed by atoms with Crippen molar-refractivity contribution >= 4 is 47.2 Å².